The molecule has 0 radical (unpaired) electrons. The number of hydrogen-bond donors (Lipinski definition) is 0. The van der Waals surface area contributed by atoms with Crippen molar-refractivity contribution in [3.63, 3.8) is 0 Å². The lowest BCUT2D eigenvalue weighted by molar-refractivity contribution is 0.0528. The molecule has 10 heteroatoms. The standard InChI is InChI=1S/C26H35FN4O4Si/c1-8-34-25(32)20-15-28-31-12-11-23(29-24(20)31)30-16-18(35-36(6,7)26(2,3)4)14-21(30)19-13-17(27)9-10-22(19)33-5/h9-13,15,18,21H,8,14,16H2,1-7H3/t18?,21-/m1/s1. The molecule has 2 aromatic heterocycles. The Kier molecular flexibility index (Phi) is 7.11. The summed E-state index contributed by atoms with van der Waals surface area (Å²) in [5.74, 6) is 0.451. The first-order valence-electron chi connectivity index (χ1n) is 12.2. The second-order valence-electron chi connectivity index (χ2n) is 10.6. The maximum absolute atomic E-state index is 14.4. The van der Waals surface area contributed by atoms with Crippen molar-refractivity contribution in [2.24, 2.45) is 0 Å². The normalized spacial score (nSPS) is 18.6. The van der Waals surface area contributed by atoms with Gasteiger partial charge in [-0.05, 0) is 55.7 Å². The average Bonchev–Trinajstić information content (AvgIpc) is 3.42. The number of aromatic nitrogens is 3. The Hall–Kier alpha value is -2.98. The third-order valence-corrected chi connectivity index (χ3v) is 11.8. The van der Waals surface area contributed by atoms with Crippen LogP contribution < -0.4 is 9.64 Å². The SMILES string of the molecule is CCOC(=O)c1cnn2ccc(N3CC(O[Si](C)(C)C(C)(C)C)C[C@@H]3c3cc(F)ccc3OC)nc12. The van der Waals surface area contributed by atoms with Gasteiger partial charge in [0.1, 0.15) is 22.9 Å². The van der Waals surface area contributed by atoms with Crippen LogP contribution in [-0.2, 0) is 9.16 Å². The molecule has 0 spiro atoms. The van der Waals surface area contributed by atoms with Crippen molar-refractivity contribution < 1.29 is 23.1 Å². The number of fused-ring (bicyclic) bond motifs is 1. The highest BCUT2D eigenvalue weighted by Gasteiger charge is 2.44. The van der Waals surface area contributed by atoms with Gasteiger partial charge in [-0.25, -0.2) is 18.7 Å². The fourth-order valence-corrected chi connectivity index (χ4v) is 5.72. The van der Waals surface area contributed by atoms with Crippen molar-refractivity contribution in [2.75, 3.05) is 25.2 Å². The fourth-order valence-electron chi connectivity index (χ4n) is 4.36. The molecule has 8 nitrogen and oxygen atoms in total. The zero-order valence-electron chi connectivity index (χ0n) is 22.0. The number of halogens is 1. The van der Waals surface area contributed by atoms with Crippen LogP contribution in [0.2, 0.25) is 18.1 Å². The Bertz CT molecular complexity index is 1260. The van der Waals surface area contributed by atoms with E-state index in [0.29, 0.717) is 35.7 Å². The van der Waals surface area contributed by atoms with Crippen LogP contribution in [0.15, 0.2) is 36.7 Å². The number of anilines is 1. The minimum Gasteiger partial charge on any atom is -0.496 e. The molecule has 0 N–H and O–H groups in total. The van der Waals surface area contributed by atoms with Gasteiger partial charge in [0, 0.05) is 18.3 Å². The van der Waals surface area contributed by atoms with Crippen LogP contribution in [0.3, 0.4) is 0 Å². The Morgan fingerprint density at radius 3 is 2.67 bits per heavy atom. The van der Waals surface area contributed by atoms with Crippen LogP contribution in [0.1, 0.15) is 56.1 Å². The quantitative estimate of drug-likeness (QED) is 0.309. The van der Waals surface area contributed by atoms with Crippen LogP contribution in [0.5, 0.6) is 5.75 Å². The van der Waals surface area contributed by atoms with E-state index in [9.17, 15) is 9.18 Å². The van der Waals surface area contributed by atoms with Crippen LogP contribution in [0, 0.1) is 5.82 Å². The van der Waals surface area contributed by atoms with Crippen LogP contribution >= 0.6 is 0 Å². The number of esters is 1. The van der Waals surface area contributed by atoms with Gasteiger partial charge in [0.15, 0.2) is 14.0 Å². The van der Waals surface area contributed by atoms with Crippen LogP contribution in [0.4, 0.5) is 10.2 Å². The van der Waals surface area contributed by atoms with Gasteiger partial charge >= 0.3 is 5.97 Å². The molecule has 1 fully saturated rings. The molecule has 1 aliphatic heterocycles. The maximum atomic E-state index is 14.4. The Labute approximate surface area is 212 Å². The first kappa shape index (κ1) is 26.1. The summed E-state index contributed by atoms with van der Waals surface area (Å²) in [7, 11) is -0.472. The largest absolute Gasteiger partial charge is 0.496 e. The summed E-state index contributed by atoms with van der Waals surface area (Å²) in [5, 5.41) is 4.29. The number of ether oxygens (including phenoxy) is 2. The number of carbonyl (C=O) groups excluding carboxylic acids is 1. The van der Waals surface area contributed by atoms with Gasteiger partial charge in [0.25, 0.3) is 0 Å². The third-order valence-electron chi connectivity index (χ3n) is 7.22. The molecule has 3 heterocycles. The molecule has 0 amide bonds. The van der Waals surface area contributed by atoms with Gasteiger partial charge in [0.05, 0.1) is 32.1 Å². The van der Waals surface area contributed by atoms with Gasteiger partial charge in [-0.15, -0.1) is 0 Å². The molecule has 1 unspecified atom stereocenters. The fraction of sp³-hybridized carbons (Fsp3) is 0.500. The molecule has 2 atom stereocenters. The van der Waals surface area contributed by atoms with Crippen molar-refractivity contribution in [3.8, 4) is 5.75 Å². The predicted octanol–water partition coefficient (Wildman–Crippen LogP) is 5.40. The molecule has 4 rings (SSSR count). The zero-order valence-corrected chi connectivity index (χ0v) is 23.0. The minimum atomic E-state index is -2.06. The molecule has 0 aliphatic carbocycles. The second-order valence-corrected chi connectivity index (χ2v) is 15.4. The Balaban J connectivity index is 1.77. The molecule has 36 heavy (non-hydrogen) atoms. The van der Waals surface area contributed by atoms with E-state index in [0.717, 1.165) is 5.56 Å². The molecule has 194 valence electrons. The predicted molar refractivity (Wildman–Crippen MR) is 139 cm³/mol. The first-order chi connectivity index (χ1) is 16.9. The number of carbonyl (C=O) groups is 1. The summed E-state index contributed by atoms with van der Waals surface area (Å²) in [6.45, 7) is 13.7. The lowest BCUT2D eigenvalue weighted by Crippen LogP contribution is -2.44. The number of nitrogens with zero attached hydrogens (tertiary/aromatic N) is 4. The van der Waals surface area contributed by atoms with Crippen molar-refractivity contribution in [3.05, 3.63) is 53.6 Å². The van der Waals surface area contributed by atoms with E-state index in [1.165, 1.54) is 18.3 Å². The van der Waals surface area contributed by atoms with E-state index >= 15 is 0 Å². The monoisotopic (exact) mass is 514 g/mol. The summed E-state index contributed by atoms with van der Waals surface area (Å²) in [6.07, 6.45) is 3.81. The lowest BCUT2D eigenvalue weighted by Gasteiger charge is -2.38. The lowest BCUT2D eigenvalue weighted by atomic mass is 10.0. The average molecular weight is 515 g/mol. The highest BCUT2D eigenvalue weighted by atomic mass is 28.4. The summed E-state index contributed by atoms with van der Waals surface area (Å²) in [6, 6.07) is 6.19. The Morgan fingerprint density at radius 1 is 1.25 bits per heavy atom. The van der Waals surface area contributed by atoms with Gasteiger partial charge < -0.3 is 18.8 Å². The summed E-state index contributed by atoms with van der Waals surface area (Å²) >= 11 is 0. The van der Waals surface area contributed by atoms with Gasteiger partial charge in [-0.1, -0.05) is 20.8 Å². The van der Waals surface area contributed by atoms with E-state index in [1.807, 2.05) is 6.07 Å². The maximum Gasteiger partial charge on any atom is 0.343 e. The van der Waals surface area contributed by atoms with E-state index in [4.69, 9.17) is 18.9 Å². The van der Waals surface area contributed by atoms with Crippen LogP contribution in [0.25, 0.3) is 5.65 Å². The van der Waals surface area contributed by atoms with Crippen molar-refractivity contribution in [1.29, 1.82) is 0 Å². The highest BCUT2D eigenvalue weighted by molar-refractivity contribution is 6.74. The summed E-state index contributed by atoms with van der Waals surface area (Å²) in [4.78, 5) is 19.4. The zero-order chi connectivity index (χ0) is 26.3. The van der Waals surface area contributed by atoms with Gasteiger partial charge in [0.2, 0.25) is 0 Å². The summed E-state index contributed by atoms with van der Waals surface area (Å²) < 4.78 is 33.5. The van der Waals surface area contributed by atoms with E-state index in [2.05, 4.69) is 43.9 Å². The molecule has 1 aromatic carbocycles. The van der Waals surface area contributed by atoms with Crippen molar-refractivity contribution in [1.82, 2.24) is 14.6 Å². The Morgan fingerprint density at radius 2 is 2.00 bits per heavy atom. The van der Waals surface area contributed by atoms with E-state index in [-0.39, 0.29) is 29.6 Å². The molecule has 0 bridgehead atoms. The van der Waals surface area contributed by atoms with E-state index < -0.39 is 14.3 Å². The van der Waals surface area contributed by atoms with Crippen molar-refractivity contribution in [2.45, 2.75) is 64.4 Å². The molecular formula is C26H35FN4O4Si. The molecule has 0 saturated carbocycles. The van der Waals surface area contributed by atoms with Gasteiger partial charge in [-0.2, -0.15) is 5.10 Å². The number of benzene rings is 1. The van der Waals surface area contributed by atoms with E-state index in [1.54, 1.807) is 30.8 Å². The molecule has 3 aromatic rings. The van der Waals surface area contributed by atoms with Crippen molar-refractivity contribution >= 4 is 25.8 Å². The summed E-state index contributed by atoms with van der Waals surface area (Å²) in [5.41, 5.74) is 1.44. The molecule has 1 saturated heterocycles. The third kappa shape index (κ3) is 4.97. The minimum absolute atomic E-state index is 0.0514. The first-order valence-corrected chi connectivity index (χ1v) is 15.2. The highest BCUT2D eigenvalue weighted by Crippen LogP contribution is 2.44. The number of hydrogen-bond acceptors (Lipinski definition) is 7. The van der Waals surface area contributed by atoms with Gasteiger partial charge in [-0.3, -0.25) is 0 Å². The molecule has 1 aliphatic rings. The number of methoxy groups -OCH3 is 1. The topological polar surface area (TPSA) is 78.2 Å². The van der Waals surface area contributed by atoms with Crippen LogP contribution in [-0.4, -0.2) is 55.3 Å². The number of rotatable bonds is 7. The smallest absolute Gasteiger partial charge is 0.343 e. The molecular weight excluding hydrogens is 479 g/mol. The second kappa shape index (κ2) is 9.82.